The van der Waals surface area contributed by atoms with Gasteiger partial charge in [0.2, 0.25) is 5.88 Å². The van der Waals surface area contributed by atoms with Crippen molar-refractivity contribution in [2.45, 2.75) is 52.1 Å². The molecule has 0 aliphatic heterocycles. The van der Waals surface area contributed by atoms with E-state index in [-0.39, 0.29) is 5.91 Å². The van der Waals surface area contributed by atoms with E-state index >= 15 is 0 Å². The van der Waals surface area contributed by atoms with Crippen LogP contribution in [0.3, 0.4) is 0 Å². The number of aryl methyl sites for hydroxylation is 1. The van der Waals surface area contributed by atoms with Crippen molar-refractivity contribution in [3.05, 3.63) is 17.8 Å². The number of amides is 1. The molecule has 2 unspecified atom stereocenters. The predicted molar refractivity (Wildman–Crippen MR) is 97.0 cm³/mol. The van der Waals surface area contributed by atoms with Gasteiger partial charge in [0, 0.05) is 19.3 Å². The summed E-state index contributed by atoms with van der Waals surface area (Å²) < 4.78 is 16.5. The van der Waals surface area contributed by atoms with E-state index in [1.807, 2.05) is 19.9 Å². The average molecular weight is 350 g/mol. The molecule has 1 aliphatic rings. The van der Waals surface area contributed by atoms with E-state index in [2.05, 4.69) is 17.2 Å². The van der Waals surface area contributed by atoms with Crippen LogP contribution in [0.1, 0.15) is 45.1 Å². The lowest BCUT2D eigenvalue weighted by molar-refractivity contribution is -0.143. The van der Waals surface area contributed by atoms with Crippen molar-refractivity contribution in [2.24, 2.45) is 5.92 Å². The molecule has 0 bridgehead atoms. The molecule has 1 saturated carbocycles. The molecule has 140 valence electrons. The van der Waals surface area contributed by atoms with E-state index < -0.39 is 5.60 Å². The first-order chi connectivity index (χ1) is 12.0. The fourth-order valence-corrected chi connectivity index (χ4v) is 3.36. The Balaban J connectivity index is 1.99. The van der Waals surface area contributed by atoms with Crippen LogP contribution in [-0.2, 0) is 14.3 Å². The molecular formula is C19H30N2O4. The zero-order valence-corrected chi connectivity index (χ0v) is 15.8. The maximum Gasteiger partial charge on any atom is 0.256 e. The van der Waals surface area contributed by atoms with Gasteiger partial charge < -0.3 is 19.5 Å². The molecule has 1 N–H and O–H groups in total. The van der Waals surface area contributed by atoms with Gasteiger partial charge in [-0.1, -0.05) is 13.3 Å². The maximum atomic E-state index is 12.8. The molecular weight excluding hydrogens is 320 g/mol. The third-order valence-corrected chi connectivity index (χ3v) is 4.72. The van der Waals surface area contributed by atoms with Crippen LogP contribution in [0.2, 0.25) is 0 Å². The van der Waals surface area contributed by atoms with E-state index in [0.29, 0.717) is 37.3 Å². The Morgan fingerprint density at radius 2 is 2.24 bits per heavy atom. The Kier molecular flexibility index (Phi) is 7.20. The second kappa shape index (κ2) is 9.15. The van der Waals surface area contributed by atoms with Crippen molar-refractivity contribution < 1.29 is 19.0 Å². The number of nitrogens with zero attached hydrogens (tertiary/aromatic N) is 1. The second-order valence-corrected chi connectivity index (χ2v) is 6.75. The highest BCUT2D eigenvalue weighted by molar-refractivity contribution is 5.97. The molecule has 6 heteroatoms. The Morgan fingerprint density at radius 3 is 2.88 bits per heavy atom. The molecule has 1 aromatic rings. The van der Waals surface area contributed by atoms with E-state index in [4.69, 9.17) is 14.2 Å². The highest BCUT2D eigenvalue weighted by Crippen LogP contribution is 2.35. The average Bonchev–Trinajstić information content (AvgIpc) is 2.60. The van der Waals surface area contributed by atoms with E-state index in [0.717, 1.165) is 31.2 Å². The molecule has 2 rings (SSSR count). The molecule has 25 heavy (non-hydrogen) atoms. The van der Waals surface area contributed by atoms with Crippen molar-refractivity contribution in [1.82, 2.24) is 4.98 Å². The summed E-state index contributed by atoms with van der Waals surface area (Å²) in [6, 6.07) is 1.87. The Morgan fingerprint density at radius 1 is 1.44 bits per heavy atom. The topological polar surface area (TPSA) is 69.7 Å². The highest BCUT2D eigenvalue weighted by Gasteiger charge is 2.42. The first kappa shape index (κ1) is 19.7. The van der Waals surface area contributed by atoms with Gasteiger partial charge in [-0.15, -0.1) is 0 Å². The Bertz CT molecular complexity index is 579. The molecule has 0 spiro atoms. The SMILES string of the molecule is CCOCCOc1ncc(NC(=O)C2(OC)CCCC(C)C2)cc1C. The number of carbonyl (C=O) groups is 1. The van der Waals surface area contributed by atoms with Gasteiger partial charge >= 0.3 is 0 Å². The van der Waals surface area contributed by atoms with Crippen LogP contribution < -0.4 is 10.1 Å². The number of ether oxygens (including phenoxy) is 3. The molecule has 1 heterocycles. The molecule has 2 atom stereocenters. The fourth-order valence-electron chi connectivity index (χ4n) is 3.36. The standard InChI is InChI=1S/C19H30N2O4/c1-5-24-9-10-25-17-15(3)11-16(13-20-17)21-18(22)19(23-4)8-6-7-14(2)12-19/h11,13-14H,5-10,12H2,1-4H3,(H,21,22). The number of pyridine rings is 1. The summed E-state index contributed by atoms with van der Waals surface area (Å²) in [6.45, 7) is 7.68. The van der Waals surface area contributed by atoms with Gasteiger partial charge in [0.15, 0.2) is 0 Å². The van der Waals surface area contributed by atoms with Crippen molar-refractivity contribution in [1.29, 1.82) is 0 Å². The summed E-state index contributed by atoms with van der Waals surface area (Å²) >= 11 is 0. The Hall–Kier alpha value is -1.66. The summed E-state index contributed by atoms with van der Waals surface area (Å²) in [5.74, 6) is 0.957. The lowest BCUT2D eigenvalue weighted by Gasteiger charge is -2.37. The number of nitrogens with one attached hydrogen (secondary N) is 1. The lowest BCUT2D eigenvalue weighted by Crippen LogP contribution is -2.47. The zero-order chi connectivity index (χ0) is 18.3. The van der Waals surface area contributed by atoms with Crippen molar-refractivity contribution in [3.8, 4) is 5.88 Å². The number of rotatable bonds is 8. The van der Waals surface area contributed by atoms with Gasteiger partial charge in [-0.05, 0) is 45.1 Å². The van der Waals surface area contributed by atoms with Crippen LogP contribution >= 0.6 is 0 Å². The van der Waals surface area contributed by atoms with E-state index in [9.17, 15) is 4.79 Å². The molecule has 6 nitrogen and oxygen atoms in total. The molecule has 0 aromatic carbocycles. The minimum atomic E-state index is -0.738. The number of methoxy groups -OCH3 is 1. The number of aromatic nitrogens is 1. The number of anilines is 1. The molecule has 1 aliphatic carbocycles. The van der Waals surface area contributed by atoms with Gasteiger partial charge in [-0.25, -0.2) is 4.98 Å². The molecule has 0 radical (unpaired) electrons. The lowest BCUT2D eigenvalue weighted by atomic mass is 9.78. The third kappa shape index (κ3) is 5.16. The summed E-state index contributed by atoms with van der Waals surface area (Å²) in [5.41, 5.74) is 0.796. The quantitative estimate of drug-likeness (QED) is 0.728. The predicted octanol–water partition coefficient (Wildman–Crippen LogP) is 3.34. The first-order valence-electron chi connectivity index (χ1n) is 9.04. The smallest absolute Gasteiger partial charge is 0.256 e. The minimum absolute atomic E-state index is 0.0900. The number of hydrogen-bond acceptors (Lipinski definition) is 5. The van der Waals surface area contributed by atoms with E-state index in [1.54, 1.807) is 13.3 Å². The van der Waals surface area contributed by atoms with Crippen LogP contribution in [0, 0.1) is 12.8 Å². The normalized spacial score (nSPS) is 23.3. The fraction of sp³-hybridized carbons (Fsp3) is 0.684. The number of hydrogen-bond donors (Lipinski definition) is 1. The van der Waals surface area contributed by atoms with Crippen LogP contribution in [0.25, 0.3) is 0 Å². The molecule has 1 amide bonds. The maximum absolute atomic E-state index is 12.8. The van der Waals surface area contributed by atoms with Crippen molar-refractivity contribution in [2.75, 3.05) is 32.2 Å². The summed E-state index contributed by atoms with van der Waals surface area (Å²) in [6.07, 6.45) is 5.28. The van der Waals surface area contributed by atoms with Crippen LogP contribution in [0.15, 0.2) is 12.3 Å². The molecule has 1 aromatic heterocycles. The first-order valence-corrected chi connectivity index (χ1v) is 9.04. The minimum Gasteiger partial charge on any atom is -0.475 e. The van der Waals surface area contributed by atoms with Gasteiger partial charge in [-0.2, -0.15) is 0 Å². The highest BCUT2D eigenvalue weighted by atomic mass is 16.5. The molecule has 1 fully saturated rings. The van der Waals surface area contributed by atoms with Crippen LogP contribution in [0.5, 0.6) is 5.88 Å². The van der Waals surface area contributed by atoms with Gasteiger partial charge in [0.25, 0.3) is 5.91 Å². The largest absolute Gasteiger partial charge is 0.475 e. The third-order valence-electron chi connectivity index (χ3n) is 4.72. The second-order valence-electron chi connectivity index (χ2n) is 6.75. The monoisotopic (exact) mass is 350 g/mol. The van der Waals surface area contributed by atoms with E-state index in [1.165, 1.54) is 0 Å². The van der Waals surface area contributed by atoms with Crippen molar-refractivity contribution in [3.63, 3.8) is 0 Å². The summed E-state index contributed by atoms with van der Waals surface area (Å²) in [7, 11) is 1.62. The van der Waals surface area contributed by atoms with Crippen molar-refractivity contribution >= 4 is 11.6 Å². The molecule has 0 saturated heterocycles. The van der Waals surface area contributed by atoms with Gasteiger partial charge in [-0.3, -0.25) is 4.79 Å². The summed E-state index contributed by atoms with van der Waals surface area (Å²) in [5, 5.41) is 2.96. The van der Waals surface area contributed by atoms with Gasteiger partial charge in [0.05, 0.1) is 18.5 Å². The van der Waals surface area contributed by atoms with Gasteiger partial charge in [0.1, 0.15) is 12.2 Å². The Labute approximate surface area is 150 Å². The van der Waals surface area contributed by atoms with Crippen LogP contribution in [-0.4, -0.2) is 43.4 Å². The van der Waals surface area contributed by atoms with Crippen LogP contribution in [0.4, 0.5) is 5.69 Å². The zero-order valence-electron chi connectivity index (χ0n) is 15.8. The summed E-state index contributed by atoms with van der Waals surface area (Å²) in [4.78, 5) is 17.1. The number of carbonyl (C=O) groups excluding carboxylic acids is 1.